The van der Waals surface area contributed by atoms with Crippen LogP contribution in [0.1, 0.15) is 17.0 Å². The number of aryl methyl sites for hydroxylation is 2. The van der Waals surface area contributed by atoms with Crippen LogP contribution in [0.5, 0.6) is 5.75 Å². The lowest BCUT2D eigenvalue weighted by Crippen LogP contribution is -3.27. The minimum atomic E-state index is 0.824. The molecule has 1 aliphatic heterocycles. The molecule has 0 saturated carbocycles. The number of hydrogen-bond donors (Lipinski definition) is 2. The number of piperazine rings is 1. The molecule has 152 valence electrons. The van der Waals surface area contributed by atoms with Crippen LogP contribution in [0.4, 0.5) is 0 Å². The third-order valence-corrected chi connectivity index (χ3v) is 5.77. The first-order valence-electron chi connectivity index (χ1n) is 10.4. The number of nitrogens with zero attached hydrogens (tertiary/aromatic N) is 4. The summed E-state index contributed by atoms with van der Waals surface area (Å²) < 4.78 is 7.47. The predicted octanol–water partition coefficient (Wildman–Crippen LogP) is -0.592. The second kappa shape index (κ2) is 9.62. The minimum Gasteiger partial charge on any atom is -0.496 e. The van der Waals surface area contributed by atoms with Crippen molar-refractivity contribution in [1.29, 1.82) is 0 Å². The van der Waals surface area contributed by atoms with E-state index in [0.29, 0.717) is 0 Å². The van der Waals surface area contributed by atoms with E-state index in [1.165, 1.54) is 11.1 Å². The SMILES string of the molecule is COc1ccccc1C[NH+]1CC[NH+](Cc2nnnn2CCc2ccccc2)CC1. The molecular weight excluding hydrogens is 364 g/mol. The molecule has 4 rings (SSSR count). The quantitative estimate of drug-likeness (QED) is 0.536. The minimum absolute atomic E-state index is 0.824. The fourth-order valence-electron chi connectivity index (χ4n) is 4.06. The topological polar surface area (TPSA) is 61.7 Å². The van der Waals surface area contributed by atoms with Crippen LogP contribution in [0.2, 0.25) is 0 Å². The van der Waals surface area contributed by atoms with Crippen LogP contribution >= 0.6 is 0 Å². The van der Waals surface area contributed by atoms with Gasteiger partial charge in [0.2, 0.25) is 5.82 Å². The number of methoxy groups -OCH3 is 1. The number of quaternary nitrogens is 2. The molecular formula is C22H30N6O+2. The van der Waals surface area contributed by atoms with Gasteiger partial charge < -0.3 is 14.5 Å². The van der Waals surface area contributed by atoms with Gasteiger partial charge in [-0.1, -0.05) is 42.5 Å². The molecule has 7 nitrogen and oxygen atoms in total. The van der Waals surface area contributed by atoms with E-state index in [1.807, 2.05) is 22.9 Å². The van der Waals surface area contributed by atoms with Gasteiger partial charge in [0.05, 0.1) is 7.11 Å². The van der Waals surface area contributed by atoms with Gasteiger partial charge in [-0.15, -0.1) is 5.10 Å². The highest BCUT2D eigenvalue weighted by molar-refractivity contribution is 5.32. The zero-order valence-corrected chi connectivity index (χ0v) is 17.1. The van der Waals surface area contributed by atoms with Gasteiger partial charge >= 0.3 is 0 Å². The summed E-state index contributed by atoms with van der Waals surface area (Å²) in [5.74, 6) is 1.98. The average Bonchev–Trinajstić information content (AvgIpc) is 3.21. The first-order valence-corrected chi connectivity index (χ1v) is 10.4. The van der Waals surface area contributed by atoms with Crippen molar-refractivity contribution in [3.8, 4) is 5.75 Å². The van der Waals surface area contributed by atoms with E-state index >= 15 is 0 Å². The highest BCUT2D eigenvalue weighted by Crippen LogP contribution is 2.15. The number of ether oxygens (including phenoxy) is 1. The molecule has 0 radical (unpaired) electrons. The van der Waals surface area contributed by atoms with Crippen molar-refractivity contribution in [3.63, 3.8) is 0 Å². The van der Waals surface area contributed by atoms with Crippen molar-refractivity contribution in [2.45, 2.75) is 26.1 Å². The van der Waals surface area contributed by atoms with Gasteiger partial charge in [0.1, 0.15) is 45.0 Å². The Morgan fingerprint density at radius 3 is 2.34 bits per heavy atom. The van der Waals surface area contributed by atoms with E-state index in [-0.39, 0.29) is 0 Å². The molecule has 1 aromatic heterocycles. The molecule has 0 atom stereocenters. The van der Waals surface area contributed by atoms with E-state index in [2.05, 4.69) is 51.9 Å². The Kier molecular flexibility index (Phi) is 6.49. The highest BCUT2D eigenvalue weighted by Gasteiger charge is 2.25. The molecule has 29 heavy (non-hydrogen) atoms. The summed E-state index contributed by atoms with van der Waals surface area (Å²) in [6.45, 7) is 7.31. The molecule has 0 bridgehead atoms. The van der Waals surface area contributed by atoms with Gasteiger partial charge in [-0.05, 0) is 34.5 Å². The van der Waals surface area contributed by atoms with Crippen LogP contribution in [-0.4, -0.2) is 53.5 Å². The third-order valence-electron chi connectivity index (χ3n) is 5.77. The molecule has 1 aliphatic rings. The Bertz CT molecular complexity index is 889. The predicted molar refractivity (Wildman–Crippen MR) is 110 cm³/mol. The fraction of sp³-hybridized carbons (Fsp3) is 0.409. The first kappa shape index (κ1) is 19.5. The van der Waals surface area contributed by atoms with Crippen LogP contribution in [-0.2, 0) is 26.1 Å². The summed E-state index contributed by atoms with van der Waals surface area (Å²) in [4.78, 5) is 3.17. The van der Waals surface area contributed by atoms with Gasteiger partial charge in [-0.2, -0.15) is 0 Å². The maximum atomic E-state index is 5.50. The van der Waals surface area contributed by atoms with Crippen LogP contribution in [0.3, 0.4) is 0 Å². The van der Waals surface area contributed by atoms with E-state index in [0.717, 1.165) is 63.8 Å². The maximum Gasteiger partial charge on any atom is 0.206 e. The van der Waals surface area contributed by atoms with Crippen molar-refractivity contribution in [1.82, 2.24) is 20.2 Å². The molecule has 0 amide bonds. The Morgan fingerprint density at radius 1 is 0.897 bits per heavy atom. The van der Waals surface area contributed by atoms with Crippen molar-refractivity contribution >= 4 is 0 Å². The number of hydrogen-bond acceptors (Lipinski definition) is 4. The molecule has 2 aromatic carbocycles. The van der Waals surface area contributed by atoms with Crippen molar-refractivity contribution in [3.05, 3.63) is 71.5 Å². The maximum absolute atomic E-state index is 5.50. The van der Waals surface area contributed by atoms with Crippen molar-refractivity contribution in [2.75, 3.05) is 33.3 Å². The second-order valence-corrected chi connectivity index (χ2v) is 7.72. The molecule has 1 fully saturated rings. The lowest BCUT2D eigenvalue weighted by Gasteiger charge is -2.29. The van der Waals surface area contributed by atoms with Gasteiger partial charge in [-0.25, -0.2) is 4.68 Å². The summed E-state index contributed by atoms with van der Waals surface area (Å²) in [7, 11) is 1.75. The van der Waals surface area contributed by atoms with E-state index < -0.39 is 0 Å². The third kappa shape index (κ3) is 5.19. The van der Waals surface area contributed by atoms with Crippen molar-refractivity contribution < 1.29 is 14.5 Å². The molecule has 7 heteroatoms. The monoisotopic (exact) mass is 394 g/mol. The average molecular weight is 395 g/mol. The largest absolute Gasteiger partial charge is 0.496 e. The summed E-state index contributed by atoms with van der Waals surface area (Å²) in [5, 5.41) is 12.4. The highest BCUT2D eigenvalue weighted by atomic mass is 16.5. The van der Waals surface area contributed by atoms with E-state index in [4.69, 9.17) is 4.74 Å². The lowest BCUT2D eigenvalue weighted by molar-refractivity contribution is -1.02. The van der Waals surface area contributed by atoms with Crippen LogP contribution in [0.15, 0.2) is 54.6 Å². The molecule has 0 spiro atoms. The second-order valence-electron chi connectivity index (χ2n) is 7.72. The normalized spacial score (nSPS) is 19.2. The molecule has 3 aromatic rings. The van der Waals surface area contributed by atoms with Crippen molar-refractivity contribution in [2.24, 2.45) is 0 Å². The summed E-state index contributed by atoms with van der Waals surface area (Å²) in [5.41, 5.74) is 2.60. The first-order chi connectivity index (χ1) is 14.3. The number of rotatable bonds is 8. The summed E-state index contributed by atoms with van der Waals surface area (Å²) in [6.07, 6.45) is 0.949. The number of benzene rings is 2. The number of nitrogens with one attached hydrogen (secondary N) is 2. The molecule has 0 aliphatic carbocycles. The Balaban J connectivity index is 1.27. The van der Waals surface area contributed by atoms with Crippen LogP contribution in [0, 0.1) is 0 Å². The summed E-state index contributed by atoms with van der Waals surface area (Å²) in [6, 6.07) is 18.8. The molecule has 2 N–H and O–H groups in total. The smallest absolute Gasteiger partial charge is 0.206 e. The van der Waals surface area contributed by atoms with E-state index in [9.17, 15) is 0 Å². The number of aromatic nitrogens is 4. The molecule has 0 unspecified atom stereocenters. The van der Waals surface area contributed by atoms with E-state index in [1.54, 1.807) is 16.9 Å². The standard InChI is InChI=1S/C22H28N6O/c1-29-21-10-6-5-9-20(21)17-26-13-15-27(16-14-26)18-22-23-24-25-28(22)12-11-19-7-3-2-4-8-19/h2-10H,11-18H2,1H3/p+2. The van der Waals surface area contributed by atoms with Crippen LogP contribution < -0.4 is 14.5 Å². The van der Waals surface area contributed by atoms with Gasteiger partial charge in [0.25, 0.3) is 0 Å². The van der Waals surface area contributed by atoms with Crippen LogP contribution in [0.25, 0.3) is 0 Å². The Labute approximate surface area is 171 Å². The lowest BCUT2D eigenvalue weighted by atomic mass is 10.1. The zero-order chi connectivity index (χ0) is 19.9. The molecule has 2 heterocycles. The van der Waals surface area contributed by atoms with Gasteiger partial charge in [0.15, 0.2) is 0 Å². The summed E-state index contributed by atoms with van der Waals surface area (Å²) >= 11 is 0. The van der Waals surface area contributed by atoms with Gasteiger partial charge in [-0.3, -0.25) is 0 Å². The Hall–Kier alpha value is -2.77. The molecule has 1 saturated heterocycles. The fourth-order valence-corrected chi connectivity index (χ4v) is 4.06. The zero-order valence-electron chi connectivity index (χ0n) is 17.1. The Morgan fingerprint density at radius 2 is 1.59 bits per heavy atom. The number of tetrazole rings is 1. The number of para-hydroxylation sites is 1. The van der Waals surface area contributed by atoms with Gasteiger partial charge in [0, 0.05) is 12.1 Å².